The van der Waals surface area contributed by atoms with Crippen molar-refractivity contribution in [2.45, 2.75) is 0 Å². The number of nitrogens with zero attached hydrogens (tertiary/aromatic N) is 2. The molecule has 7 nitrogen and oxygen atoms in total. The molecule has 22 heavy (non-hydrogen) atoms. The highest BCUT2D eigenvalue weighted by Crippen LogP contribution is 2.28. The highest BCUT2D eigenvalue weighted by molar-refractivity contribution is 7.99. The van der Waals surface area contributed by atoms with Gasteiger partial charge in [0.05, 0.1) is 10.7 Å². The highest BCUT2D eigenvalue weighted by Gasteiger charge is 2.16. The lowest BCUT2D eigenvalue weighted by molar-refractivity contribution is -0.386. The van der Waals surface area contributed by atoms with E-state index in [9.17, 15) is 14.9 Å². The molecule has 0 aliphatic rings. The number of benzene rings is 1. The second-order valence-electron chi connectivity index (χ2n) is 4.19. The molecule has 0 aliphatic heterocycles. The number of nitro groups is 1. The summed E-state index contributed by atoms with van der Waals surface area (Å²) in [6.45, 7) is 0. The van der Waals surface area contributed by atoms with E-state index in [-0.39, 0.29) is 17.5 Å². The van der Waals surface area contributed by atoms with Crippen LogP contribution in [-0.2, 0) is 4.79 Å². The molecule has 0 aliphatic carbocycles. The summed E-state index contributed by atoms with van der Waals surface area (Å²) in [5.74, 6) is 0.594. The summed E-state index contributed by atoms with van der Waals surface area (Å²) in [5, 5.41) is 13.6. The van der Waals surface area contributed by atoms with E-state index in [4.69, 9.17) is 4.74 Å². The fourth-order valence-electron chi connectivity index (χ4n) is 1.65. The molecule has 1 aromatic carbocycles. The summed E-state index contributed by atoms with van der Waals surface area (Å²) in [6.07, 6.45) is 3.26. The smallest absolute Gasteiger partial charge is 0.331 e. The zero-order valence-corrected chi connectivity index (χ0v) is 12.5. The minimum atomic E-state index is -0.556. The van der Waals surface area contributed by atoms with Crippen molar-refractivity contribution in [2.75, 3.05) is 17.3 Å². The Morgan fingerprint density at radius 1 is 1.36 bits per heavy atom. The van der Waals surface area contributed by atoms with Crippen LogP contribution in [0.15, 0.2) is 42.6 Å². The first-order valence-corrected chi connectivity index (χ1v) is 7.65. The maximum absolute atomic E-state index is 11.5. The number of carbonyl (C=O) groups is 1. The van der Waals surface area contributed by atoms with E-state index in [1.165, 1.54) is 30.1 Å². The van der Waals surface area contributed by atoms with Crippen LogP contribution in [0.2, 0.25) is 0 Å². The average Bonchev–Trinajstić information content (AvgIpc) is 2.50. The largest absolute Gasteiger partial charge is 0.434 e. The standard InChI is InChI=1S/C14H13N3O4S/c1-22-9-13(18)16-10-4-6-11(7-5-10)21-14-12(17(19)20)3-2-8-15-14/h2-8H,9H2,1H3,(H,16,18). The second-order valence-corrected chi connectivity index (χ2v) is 5.06. The van der Waals surface area contributed by atoms with Crippen molar-refractivity contribution in [1.82, 2.24) is 4.98 Å². The van der Waals surface area contributed by atoms with E-state index in [0.717, 1.165) is 0 Å². The molecule has 1 N–H and O–H groups in total. The minimum absolute atomic E-state index is 0.0772. The van der Waals surface area contributed by atoms with Gasteiger partial charge in [0, 0.05) is 18.0 Å². The molecule has 0 unspecified atom stereocenters. The first kappa shape index (κ1) is 15.8. The van der Waals surface area contributed by atoms with Gasteiger partial charge in [0.25, 0.3) is 5.88 Å². The van der Waals surface area contributed by atoms with Gasteiger partial charge < -0.3 is 10.1 Å². The van der Waals surface area contributed by atoms with Gasteiger partial charge in [0.2, 0.25) is 5.91 Å². The molecular weight excluding hydrogens is 306 g/mol. The monoisotopic (exact) mass is 319 g/mol. The zero-order chi connectivity index (χ0) is 15.9. The molecule has 2 aromatic rings. The van der Waals surface area contributed by atoms with Crippen molar-refractivity contribution in [3.05, 3.63) is 52.7 Å². The van der Waals surface area contributed by atoms with E-state index in [1.54, 1.807) is 24.3 Å². The van der Waals surface area contributed by atoms with Gasteiger partial charge in [-0.15, -0.1) is 0 Å². The van der Waals surface area contributed by atoms with Gasteiger partial charge in [0.15, 0.2) is 0 Å². The number of hydrogen-bond acceptors (Lipinski definition) is 6. The Labute approximate surface area is 130 Å². The van der Waals surface area contributed by atoms with Crippen LogP contribution >= 0.6 is 11.8 Å². The third-order valence-electron chi connectivity index (χ3n) is 2.58. The fraction of sp³-hybridized carbons (Fsp3) is 0.143. The summed E-state index contributed by atoms with van der Waals surface area (Å²) >= 11 is 1.43. The Balaban J connectivity index is 2.09. The number of carbonyl (C=O) groups excluding carboxylic acids is 1. The van der Waals surface area contributed by atoms with Crippen molar-refractivity contribution in [1.29, 1.82) is 0 Å². The number of thioether (sulfide) groups is 1. The molecule has 1 amide bonds. The van der Waals surface area contributed by atoms with Gasteiger partial charge >= 0.3 is 5.69 Å². The van der Waals surface area contributed by atoms with Gasteiger partial charge in [-0.1, -0.05) is 0 Å². The van der Waals surface area contributed by atoms with Crippen LogP contribution in [0.25, 0.3) is 0 Å². The third kappa shape index (κ3) is 4.19. The number of ether oxygens (including phenoxy) is 1. The van der Waals surface area contributed by atoms with Crippen LogP contribution in [0.1, 0.15) is 0 Å². The molecule has 114 valence electrons. The molecule has 8 heteroatoms. The maximum Gasteiger partial charge on any atom is 0.331 e. The molecule has 1 heterocycles. The lowest BCUT2D eigenvalue weighted by Gasteiger charge is -2.07. The van der Waals surface area contributed by atoms with Gasteiger partial charge in [-0.25, -0.2) is 4.98 Å². The molecule has 0 saturated carbocycles. The molecule has 0 spiro atoms. The molecule has 1 aromatic heterocycles. The van der Waals surface area contributed by atoms with E-state index in [2.05, 4.69) is 10.3 Å². The normalized spacial score (nSPS) is 10.0. The van der Waals surface area contributed by atoms with Crippen LogP contribution < -0.4 is 10.1 Å². The van der Waals surface area contributed by atoms with Crippen molar-refractivity contribution < 1.29 is 14.5 Å². The lowest BCUT2D eigenvalue weighted by Crippen LogP contribution is -2.13. The molecule has 0 atom stereocenters. The van der Waals surface area contributed by atoms with Gasteiger partial charge in [-0.05, 0) is 36.6 Å². The van der Waals surface area contributed by atoms with Crippen LogP contribution in [0.3, 0.4) is 0 Å². The predicted molar refractivity (Wildman–Crippen MR) is 84.4 cm³/mol. The number of amides is 1. The molecule has 0 saturated heterocycles. The highest BCUT2D eigenvalue weighted by atomic mass is 32.2. The maximum atomic E-state index is 11.5. The number of pyridine rings is 1. The Kier molecular flexibility index (Phi) is 5.31. The number of nitrogens with one attached hydrogen (secondary N) is 1. The summed E-state index contributed by atoms with van der Waals surface area (Å²) in [7, 11) is 0. The number of anilines is 1. The summed E-state index contributed by atoms with van der Waals surface area (Å²) in [4.78, 5) is 25.6. The van der Waals surface area contributed by atoms with Crippen molar-refractivity contribution in [2.24, 2.45) is 0 Å². The van der Waals surface area contributed by atoms with Crippen molar-refractivity contribution in [3.8, 4) is 11.6 Å². The molecule has 0 fully saturated rings. The third-order valence-corrected chi connectivity index (χ3v) is 3.13. The van der Waals surface area contributed by atoms with E-state index >= 15 is 0 Å². The van der Waals surface area contributed by atoms with Crippen LogP contribution in [0, 0.1) is 10.1 Å². The van der Waals surface area contributed by atoms with Gasteiger partial charge in [-0.3, -0.25) is 14.9 Å². The fourth-order valence-corrected chi connectivity index (χ4v) is 1.98. The van der Waals surface area contributed by atoms with Gasteiger partial charge in [-0.2, -0.15) is 11.8 Å². The summed E-state index contributed by atoms with van der Waals surface area (Å²) < 4.78 is 5.41. The van der Waals surface area contributed by atoms with Gasteiger partial charge in [0.1, 0.15) is 5.75 Å². The van der Waals surface area contributed by atoms with E-state index < -0.39 is 4.92 Å². The number of rotatable bonds is 6. The second kappa shape index (κ2) is 7.41. The SMILES string of the molecule is CSCC(=O)Nc1ccc(Oc2ncccc2[N+](=O)[O-])cc1. The summed E-state index contributed by atoms with van der Waals surface area (Å²) in [6, 6.07) is 9.31. The van der Waals surface area contributed by atoms with E-state index in [1.807, 2.05) is 6.26 Å². The Morgan fingerprint density at radius 3 is 2.73 bits per heavy atom. The summed E-state index contributed by atoms with van der Waals surface area (Å²) in [5.41, 5.74) is 0.418. The average molecular weight is 319 g/mol. The Bertz CT molecular complexity index is 676. The molecule has 0 bridgehead atoms. The van der Waals surface area contributed by atoms with Crippen LogP contribution in [-0.4, -0.2) is 27.8 Å². The topological polar surface area (TPSA) is 94.4 Å². The first-order chi connectivity index (χ1) is 10.6. The van der Waals surface area contributed by atoms with Crippen molar-refractivity contribution in [3.63, 3.8) is 0 Å². The molecule has 2 rings (SSSR count). The Morgan fingerprint density at radius 2 is 2.09 bits per heavy atom. The number of aromatic nitrogens is 1. The minimum Gasteiger partial charge on any atom is -0.434 e. The number of hydrogen-bond donors (Lipinski definition) is 1. The Hall–Kier alpha value is -2.61. The zero-order valence-electron chi connectivity index (χ0n) is 11.7. The van der Waals surface area contributed by atoms with Crippen molar-refractivity contribution >= 4 is 29.0 Å². The predicted octanol–water partition coefficient (Wildman–Crippen LogP) is 3.08. The van der Waals surface area contributed by atoms with Crippen LogP contribution in [0.4, 0.5) is 11.4 Å². The van der Waals surface area contributed by atoms with Crippen LogP contribution in [0.5, 0.6) is 11.6 Å². The first-order valence-electron chi connectivity index (χ1n) is 6.26. The quantitative estimate of drug-likeness (QED) is 0.649. The molecular formula is C14H13N3O4S. The lowest BCUT2D eigenvalue weighted by atomic mass is 10.3. The molecule has 0 radical (unpaired) electrons. The van der Waals surface area contributed by atoms with E-state index in [0.29, 0.717) is 17.2 Å².